The summed E-state index contributed by atoms with van der Waals surface area (Å²) in [5, 5.41) is 11.1. The molecule has 0 aromatic carbocycles. The average Bonchev–Trinajstić information content (AvgIpc) is 2.09. The molecule has 0 saturated carbocycles. The van der Waals surface area contributed by atoms with E-state index in [1.54, 1.807) is 11.8 Å². The minimum atomic E-state index is -0.965. The molecule has 6 heteroatoms. The summed E-state index contributed by atoms with van der Waals surface area (Å²) in [4.78, 5) is 20.8. The second kappa shape index (κ2) is 7.64. The lowest BCUT2D eigenvalue weighted by atomic mass is 10.2. The molecule has 1 atom stereocenters. The van der Waals surface area contributed by atoms with Crippen LogP contribution < -0.4 is 11.1 Å². The molecule has 0 radical (unpaired) electrons. The van der Waals surface area contributed by atoms with Crippen molar-refractivity contribution in [3.05, 3.63) is 0 Å². The van der Waals surface area contributed by atoms with Gasteiger partial charge in [-0.15, -0.1) is 0 Å². The van der Waals surface area contributed by atoms with Crippen LogP contribution >= 0.6 is 11.8 Å². The number of amides is 1. The Labute approximate surface area is 87.4 Å². The molecule has 0 aromatic heterocycles. The van der Waals surface area contributed by atoms with Crippen molar-refractivity contribution in [1.29, 1.82) is 0 Å². The number of hydrogen-bond acceptors (Lipinski definition) is 4. The SMILES string of the molecule is CC(=O)NCCSCCC(N)C(=O)O. The van der Waals surface area contributed by atoms with Crippen molar-refractivity contribution >= 4 is 23.6 Å². The molecule has 0 rings (SSSR count). The summed E-state index contributed by atoms with van der Waals surface area (Å²) in [6.45, 7) is 2.08. The lowest BCUT2D eigenvalue weighted by molar-refractivity contribution is -0.138. The number of nitrogens with one attached hydrogen (secondary N) is 1. The number of carbonyl (C=O) groups excluding carboxylic acids is 1. The molecule has 0 fully saturated rings. The van der Waals surface area contributed by atoms with Crippen molar-refractivity contribution in [2.45, 2.75) is 19.4 Å². The van der Waals surface area contributed by atoms with Gasteiger partial charge in [-0.05, 0) is 12.2 Å². The Bertz CT molecular complexity index is 199. The van der Waals surface area contributed by atoms with Gasteiger partial charge < -0.3 is 16.2 Å². The number of carboxylic acids is 1. The van der Waals surface area contributed by atoms with E-state index in [9.17, 15) is 9.59 Å². The van der Waals surface area contributed by atoms with Crippen molar-refractivity contribution in [2.24, 2.45) is 5.73 Å². The number of thioether (sulfide) groups is 1. The van der Waals surface area contributed by atoms with Crippen LogP contribution in [0.5, 0.6) is 0 Å². The summed E-state index contributed by atoms with van der Waals surface area (Å²) in [7, 11) is 0. The molecular formula is C8H16N2O3S. The third-order valence-corrected chi connectivity index (χ3v) is 2.53. The van der Waals surface area contributed by atoms with Crippen LogP contribution in [0, 0.1) is 0 Å². The molecule has 4 N–H and O–H groups in total. The quantitative estimate of drug-likeness (QED) is 0.510. The minimum Gasteiger partial charge on any atom is -0.480 e. The third-order valence-electron chi connectivity index (χ3n) is 1.51. The topological polar surface area (TPSA) is 92.4 Å². The number of rotatable bonds is 7. The summed E-state index contributed by atoms with van der Waals surface area (Å²) < 4.78 is 0. The van der Waals surface area contributed by atoms with E-state index in [0.717, 1.165) is 5.75 Å². The van der Waals surface area contributed by atoms with Crippen molar-refractivity contribution in [3.63, 3.8) is 0 Å². The van der Waals surface area contributed by atoms with Gasteiger partial charge in [0.15, 0.2) is 0 Å². The standard InChI is InChI=1S/C8H16N2O3S/c1-6(11)10-3-5-14-4-2-7(9)8(12)13/h7H,2-5,9H2,1H3,(H,10,11)(H,12,13). The van der Waals surface area contributed by atoms with Crippen LogP contribution in [0.1, 0.15) is 13.3 Å². The van der Waals surface area contributed by atoms with Crippen LogP contribution in [-0.2, 0) is 9.59 Å². The maximum atomic E-state index is 10.5. The van der Waals surface area contributed by atoms with E-state index in [-0.39, 0.29) is 5.91 Å². The first-order valence-corrected chi connectivity index (χ1v) is 5.50. The van der Waals surface area contributed by atoms with Crippen LogP contribution in [0.3, 0.4) is 0 Å². The lowest BCUT2D eigenvalue weighted by Crippen LogP contribution is -2.30. The molecular weight excluding hydrogens is 204 g/mol. The van der Waals surface area contributed by atoms with Crippen LogP contribution in [0.15, 0.2) is 0 Å². The minimum absolute atomic E-state index is 0.0483. The van der Waals surface area contributed by atoms with E-state index in [0.29, 0.717) is 18.7 Å². The molecule has 0 aliphatic rings. The predicted molar refractivity (Wildman–Crippen MR) is 56.2 cm³/mol. The molecule has 1 amide bonds. The smallest absolute Gasteiger partial charge is 0.320 e. The Hall–Kier alpha value is -0.750. The summed E-state index contributed by atoms with van der Waals surface area (Å²) in [5.41, 5.74) is 5.30. The number of nitrogens with two attached hydrogens (primary N) is 1. The van der Waals surface area contributed by atoms with E-state index < -0.39 is 12.0 Å². The fourth-order valence-electron chi connectivity index (χ4n) is 0.735. The number of hydrogen-bond donors (Lipinski definition) is 3. The Morgan fingerprint density at radius 3 is 2.64 bits per heavy atom. The van der Waals surface area contributed by atoms with Crippen LogP contribution in [-0.4, -0.2) is 41.1 Å². The average molecular weight is 220 g/mol. The molecule has 0 saturated heterocycles. The highest BCUT2D eigenvalue weighted by Gasteiger charge is 2.09. The summed E-state index contributed by atoms with van der Waals surface area (Å²) in [6, 6.07) is -0.775. The van der Waals surface area contributed by atoms with Gasteiger partial charge in [-0.3, -0.25) is 9.59 Å². The van der Waals surface area contributed by atoms with Gasteiger partial charge in [0.1, 0.15) is 6.04 Å². The van der Waals surface area contributed by atoms with Crippen LogP contribution in [0.4, 0.5) is 0 Å². The van der Waals surface area contributed by atoms with Gasteiger partial charge in [-0.25, -0.2) is 0 Å². The van der Waals surface area contributed by atoms with Crippen LogP contribution in [0.25, 0.3) is 0 Å². The van der Waals surface area contributed by atoms with Gasteiger partial charge in [-0.2, -0.15) is 11.8 Å². The zero-order valence-corrected chi connectivity index (χ0v) is 8.97. The zero-order valence-electron chi connectivity index (χ0n) is 8.16. The van der Waals surface area contributed by atoms with Gasteiger partial charge in [0.05, 0.1) is 0 Å². The molecule has 0 heterocycles. The highest BCUT2D eigenvalue weighted by molar-refractivity contribution is 7.99. The molecule has 0 bridgehead atoms. The van der Waals surface area contributed by atoms with E-state index in [4.69, 9.17) is 10.8 Å². The summed E-state index contributed by atoms with van der Waals surface area (Å²) >= 11 is 1.58. The normalized spacial score (nSPS) is 12.1. The summed E-state index contributed by atoms with van der Waals surface area (Å²) in [6.07, 6.45) is 0.458. The molecule has 0 aromatic rings. The van der Waals surface area contributed by atoms with E-state index in [1.165, 1.54) is 6.92 Å². The molecule has 5 nitrogen and oxygen atoms in total. The van der Waals surface area contributed by atoms with E-state index in [1.807, 2.05) is 0 Å². The van der Waals surface area contributed by atoms with Crippen LogP contribution in [0.2, 0.25) is 0 Å². The van der Waals surface area contributed by atoms with Crippen molar-refractivity contribution < 1.29 is 14.7 Å². The Kier molecular flexibility index (Phi) is 7.23. The largest absolute Gasteiger partial charge is 0.480 e. The summed E-state index contributed by atoms with van der Waals surface area (Å²) in [5.74, 6) is 0.471. The Morgan fingerprint density at radius 1 is 1.50 bits per heavy atom. The molecule has 0 aliphatic carbocycles. The van der Waals surface area contributed by atoms with Crippen molar-refractivity contribution in [1.82, 2.24) is 5.32 Å². The maximum absolute atomic E-state index is 10.5. The molecule has 0 spiro atoms. The highest BCUT2D eigenvalue weighted by Crippen LogP contribution is 2.02. The van der Waals surface area contributed by atoms with E-state index in [2.05, 4.69) is 5.32 Å². The molecule has 82 valence electrons. The van der Waals surface area contributed by atoms with Gasteiger partial charge in [-0.1, -0.05) is 0 Å². The number of carbonyl (C=O) groups is 2. The fourth-order valence-corrected chi connectivity index (χ4v) is 1.61. The number of aliphatic carboxylic acids is 1. The Balaban J connectivity index is 3.21. The van der Waals surface area contributed by atoms with Gasteiger partial charge >= 0.3 is 5.97 Å². The molecule has 0 aliphatic heterocycles. The maximum Gasteiger partial charge on any atom is 0.320 e. The zero-order chi connectivity index (χ0) is 11.0. The molecule has 14 heavy (non-hydrogen) atoms. The predicted octanol–water partition coefficient (Wildman–Crippen LogP) is -0.342. The molecule has 1 unspecified atom stereocenters. The first-order valence-electron chi connectivity index (χ1n) is 4.34. The monoisotopic (exact) mass is 220 g/mol. The van der Waals surface area contributed by atoms with Gasteiger partial charge in [0, 0.05) is 19.2 Å². The highest BCUT2D eigenvalue weighted by atomic mass is 32.2. The van der Waals surface area contributed by atoms with Gasteiger partial charge in [0.2, 0.25) is 5.91 Å². The van der Waals surface area contributed by atoms with Crippen molar-refractivity contribution in [2.75, 3.05) is 18.1 Å². The van der Waals surface area contributed by atoms with Crippen molar-refractivity contribution in [3.8, 4) is 0 Å². The lowest BCUT2D eigenvalue weighted by Gasteiger charge is -2.05. The Morgan fingerprint density at radius 2 is 2.14 bits per heavy atom. The second-order valence-electron chi connectivity index (χ2n) is 2.83. The van der Waals surface area contributed by atoms with Gasteiger partial charge in [0.25, 0.3) is 0 Å². The number of carboxylic acid groups (broad SMARTS) is 1. The first kappa shape index (κ1) is 13.2. The third kappa shape index (κ3) is 7.88. The van der Waals surface area contributed by atoms with E-state index >= 15 is 0 Å². The first-order chi connectivity index (χ1) is 6.54. The second-order valence-corrected chi connectivity index (χ2v) is 4.05. The fraction of sp³-hybridized carbons (Fsp3) is 0.750.